The van der Waals surface area contributed by atoms with Crippen molar-refractivity contribution in [3.8, 4) is 11.5 Å². The van der Waals surface area contributed by atoms with Crippen LogP contribution in [-0.2, 0) is 9.53 Å². The lowest BCUT2D eigenvalue weighted by Crippen LogP contribution is -2.34. The number of hydrogen-bond acceptors (Lipinski definition) is 5. The number of amides is 1. The van der Waals surface area contributed by atoms with E-state index in [-0.39, 0.29) is 11.3 Å². The number of alkyl carbamates (subject to hydrolysis) is 1. The van der Waals surface area contributed by atoms with Gasteiger partial charge >= 0.3 is 12.1 Å². The monoisotopic (exact) mass is 339 g/mol. The minimum Gasteiger partial charge on any atom is -0.507 e. The van der Waals surface area contributed by atoms with E-state index in [2.05, 4.69) is 5.32 Å². The molecule has 1 rings (SSSR count). The van der Waals surface area contributed by atoms with E-state index in [1.54, 1.807) is 27.7 Å². The predicted molar refractivity (Wildman–Crippen MR) is 86.3 cm³/mol. The third-order valence-electron chi connectivity index (χ3n) is 2.80. The van der Waals surface area contributed by atoms with Gasteiger partial charge in [0.15, 0.2) is 11.6 Å². The third-order valence-corrected chi connectivity index (χ3v) is 2.80. The SMILES string of the molecule is CC=CC(=O)Oc1c(F)ccc(O)c1C(C)NC(=O)OC(C)(C)C. The number of rotatable bonds is 4. The average Bonchev–Trinajstić information content (AvgIpc) is 2.40. The highest BCUT2D eigenvalue weighted by atomic mass is 19.1. The van der Waals surface area contributed by atoms with E-state index in [0.717, 1.165) is 18.2 Å². The molecule has 0 bridgehead atoms. The van der Waals surface area contributed by atoms with Gasteiger partial charge in [-0.15, -0.1) is 0 Å². The molecular weight excluding hydrogens is 317 g/mol. The van der Waals surface area contributed by atoms with E-state index in [1.165, 1.54) is 13.0 Å². The minimum atomic E-state index is -0.857. The summed E-state index contributed by atoms with van der Waals surface area (Å²) in [4.78, 5) is 23.4. The van der Waals surface area contributed by atoms with Gasteiger partial charge in [-0.3, -0.25) is 0 Å². The van der Waals surface area contributed by atoms with Gasteiger partial charge in [0.1, 0.15) is 11.4 Å². The highest BCUT2D eigenvalue weighted by Crippen LogP contribution is 2.36. The number of phenols is 1. The number of ether oxygens (including phenoxy) is 2. The average molecular weight is 339 g/mol. The minimum absolute atomic E-state index is 0.0567. The Morgan fingerprint density at radius 3 is 2.50 bits per heavy atom. The molecule has 0 aliphatic carbocycles. The number of nitrogens with one attached hydrogen (secondary N) is 1. The lowest BCUT2D eigenvalue weighted by molar-refractivity contribution is -0.129. The zero-order valence-corrected chi connectivity index (χ0v) is 14.3. The fourth-order valence-electron chi connectivity index (χ4n) is 1.91. The quantitative estimate of drug-likeness (QED) is 0.497. The molecule has 0 spiro atoms. The van der Waals surface area contributed by atoms with E-state index >= 15 is 0 Å². The molecule has 1 amide bonds. The predicted octanol–water partition coefficient (Wildman–Crippen LogP) is 3.60. The molecule has 1 aromatic rings. The number of carbonyl (C=O) groups excluding carboxylic acids is 2. The Hall–Kier alpha value is -2.57. The molecule has 0 radical (unpaired) electrons. The molecule has 0 aliphatic heterocycles. The van der Waals surface area contributed by atoms with Gasteiger partial charge in [-0.2, -0.15) is 0 Å². The highest BCUT2D eigenvalue weighted by molar-refractivity contribution is 5.84. The zero-order chi connectivity index (χ0) is 18.5. The van der Waals surface area contributed by atoms with Crippen molar-refractivity contribution in [1.82, 2.24) is 5.32 Å². The van der Waals surface area contributed by atoms with Crippen molar-refractivity contribution in [3.63, 3.8) is 0 Å². The van der Waals surface area contributed by atoms with E-state index in [9.17, 15) is 19.1 Å². The second-order valence-electron chi connectivity index (χ2n) is 6.10. The summed E-state index contributed by atoms with van der Waals surface area (Å²) in [5, 5.41) is 12.5. The van der Waals surface area contributed by atoms with Crippen molar-refractivity contribution in [2.45, 2.75) is 46.3 Å². The van der Waals surface area contributed by atoms with Crippen LogP contribution in [-0.4, -0.2) is 22.8 Å². The Bertz CT molecular complexity index is 649. The molecule has 0 fully saturated rings. The van der Waals surface area contributed by atoms with Crippen LogP contribution in [0.15, 0.2) is 24.3 Å². The van der Waals surface area contributed by atoms with Gasteiger partial charge in [-0.25, -0.2) is 14.0 Å². The molecule has 0 saturated carbocycles. The molecule has 24 heavy (non-hydrogen) atoms. The van der Waals surface area contributed by atoms with Crippen molar-refractivity contribution in [3.05, 3.63) is 35.7 Å². The fourth-order valence-corrected chi connectivity index (χ4v) is 1.91. The number of benzene rings is 1. The van der Waals surface area contributed by atoms with Crippen molar-refractivity contribution < 1.29 is 28.6 Å². The standard InChI is InChI=1S/C17H22FNO5/c1-6-7-13(21)23-15-11(18)8-9-12(20)14(15)10(2)19-16(22)24-17(3,4)5/h6-10,20H,1-5H3,(H,19,22). The molecule has 0 heterocycles. The molecule has 0 aliphatic rings. The number of carbonyl (C=O) groups is 2. The highest BCUT2D eigenvalue weighted by Gasteiger charge is 2.25. The maximum absolute atomic E-state index is 14.0. The molecular formula is C17H22FNO5. The maximum atomic E-state index is 14.0. The summed E-state index contributed by atoms with van der Waals surface area (Å²) in [5.74, 6) is -2.39. The topological polar surface area (TPSA) is 84.9 Å². The van der Waals surface area contributed by atoms with Gasteiger partial charge in [0.05, 0.1) is 11.6 Å². The molecule has 1 unspecified atom stereocenters. The second kappa shape index (κ2) is 7.81. The molecule has 0 saturated heterocycles. The number of phenolic OH excluding ortho intramolecular Hbond substituents is 1. The van der Waals surface area contributed by atoms with Crippen molar-refractivity contribution in [2.24, 2.45) is 0 Å². The van der Waals surface area contributed by atoms with Crippen LogP contribution in [0.2, 0.25) is 0 Å². The summed E-state index contributed by atoms with van der Waals surface area (Å²) in [5.41, 5.74) is -0.770. The van der Waals surface area contributed by atoms with E-state index in [1.807, 2.05) is 0 Å². The molecule has 2 N–H and O–H groups in total. The zero-order valence-electron chi connectivity index (χ0n) is 14.3. The molecule has 6 nitrogen and oxygen atoms in total. The molecule has 0 aromatic heterocycles. The maximum Gasteiger partial charge on any atom is 0.408 e. The van der Waals surface area contributed by atoms with Crippen molar-refractivity contribution in [1.29, 1.82) is 0 Å². The van der Waals surface area contributed by atoms with Crippen molar-refractivity contribution >= 4 is 12.1 Å². The molecule has 1 atom stereocenters. The summed E-state index contributed by atoms with van der Waals surface area (Å²) >= 11 is 0. The summed E-state index contributed by atoms with van der Waals surface area (Å²) in [7, 11) is 0. The van der Waals surface area contributed by atoms with Crippen LogP contribution >= 0.6 is 0 Å². The van der Waals surface area contributed by atoms with Gasteiger partial charge in [0.2, 0.25) is 0 Å². The van der Waals surface area contributed by atoms with E-state index in [0.29, 0.717) is 0 Å². The van der Waals surface area contributed by atoms with Gasteiger partial charge in [0, 0.05) is 6.08 Å². The Labute approximate surface area is 140 Å². The second-order valence-corrected chi connectivity index (χ2v) is 6.10. The summed E-state index contributed by atoms with van der Waals surface area (Å²) in [6.45, 7) is 8.20. The van der Waals surface area contributed by atoms with Crippen LogP contribution in [0.25, 0.3) is 0 Å². The summed E-state index contributed by atoms with van der Waals surface area (Å²) in [6.07, 6.45) is 1.80. The summed E-state index contributed by atoms with van der Waals surface area (Å²) in [6, 6.07) is 1.23. The van der Waals surface area contributed by atoms with E-state index in [4.69, 9.17) is 9.47 Å². The lowest BCUT2D eigenvalue weighted by Gasteiger charge is -2.23. The van der Waals surface area contributed by atoms with E-state index < -0.39 is 35.3 Å². The molecule has 1 aromatic carbocycles. The Balaban J connectivity index is 3.10. The summed E-state index contributed by atoms with van der Waals surface area (Å²) < 4.78 is 24.1. The number of allylic oxidation sites excluding steroid dienone is 1. The first-order chi connectivity index (χ1) is 11.0. The van der Waals surface area contributed by atoms with Gasteiger partial charge < -0.3 is 19.9 Å². The van der Waals surface area contributed by atoms with Crippen LogP contribution in [0.5, 0.6) is 11.5 Å². The van der Waals surface area contributed by atoms with Crippen LogP contribution in [0.3, 0.4) is 0 Å². The Morgan fingerprint density at radius 2 is 1.96 bits per heavy atom. The third kappa shape index (κ3) is 5.57. The van der Waals surface area contributed by atoms with Crippen LogP contribution in [0.4, 0.5) is 9.18 Å². The number of aromatic hydroxyl groups is 1. The fraction of sp³-hybridized carbons (Fsp3) is 0.412. The van der Waals surface area contributed by atoms with Gasteiger partial charge in [-0.1, -0.05) is 6.08 Å². The Kier molecular flexibility index (Phi) is 6.34. The van der Waals surface area contributed by atoms with Crippen molar-refractivity contribution in [2.75, 3.05) is 0 Å². The largest absolute Gasteiger partial charge is 0.507 e. The van der Waals surface area contributed by atoms with Crippen LogP contribution < -0.4 is 10.1 Å². The first-order valence-electron chi connectivity index (χ1n) is 7.40. The normalized spacial score (nSPS) is 12.8. The first kappa shape index (κ1) is 19.5. The lowest BCUT2D eigenvalue weighted by atomic mass is 10.1. The van der Waals surface area contributed by atoms with Gasteiger partial charge in [-0.05, 0) is 46.8 Å². The van der Waals surface area contributed by atoms with Crippen LogP contribution in [0, 0.1) is 5.82 Å². The first-order valence-corrected chi connectivity index (χ1v) is 7.40. The molecule has 7 heteroatoms. The number of hydrogen-bond donors (Lipinski definition) is 2. The Morgan fingerprint density at radius 1 is 1.33 bits per heavy atom. The molecule has 132 valence electrons. The smallest absolute Gasteiger partial charge is 0.408 e. The van der Waals surface area contributed by atoms with Crippen LogP contribution in [0.1, 0.15) is 46.2 Å². The number of halogens is 1. The van der Waals surface area contributed by atoms with Gasteiger partial charge in [0.25, 0.3) is 0 Å². The number of esters is 1.